The van der Waals surface area contributed by atoms with Gasteiger partial charge in [0, 0.05) is 10.7 Å². The van der Waals surface area contributed by atoms with Crippen LogP contribution in [0.3, 0.4) is 0 Å². The Morgan fingerprint density at radius 2 is 1.87 bits per heavy atom. The maximum atomic E-state index is 12.9. The van der Waals surface area contributed by atoms with Crippen molar-refractivity contribution in [3.63, 3.8) is 0 Å². The molecule has 0 atom stereocenters. The molecule has 196 valence electrons. The van der Waals surface area contributed by atoms with Gasteiger partial charge in [0.1, 0.15) is 18.8 Å². The van der Waals surface area contributed by atoms with Crippen LogP contribution in [-0.2, 0) is 16.2 Å². The van der Waals surface area contributed by atoms with Crippen LogP contribution in [0, 0.1) is 6.92 Å². The van der Waals surface area contributed by atoms with Gasteiger partial charge in [-0.1, -0.05) is 35.9 Å². The second-order valence-electron chi connectivity index (χ2n) is 8.48. The van der Waals surface area contributed by atoms with Crippen molar-refractivity contribution in [2.24, 2.45) is 0 Å². The maximum Gasteiger partial charge on any atom is 0.329 e. The van der Waals surface area contributed by atoms with Crippen LogP contribution in [0.2, 0.25) is 5.02 Å². The van der Waals surface area contributed by atoms with Crippen LogP contribution in [0.5, 0.6) is 11.5 Å². The number of amides is 4. The number of imide groups is 1. The third kappa shape index (κ3) is 6.73. The van der Waals surface area contributed by atoms with Crippen molar-refractivity contribution >= 4 is 57.1 Å². The Kier molecular flexibility index (Phi) is 8.70. The van der Waals surface area contributed by atoms with E-state index in [0.717, 1.165) is 16.0 Å². The molecule has 3 aromatic rings. The summed E-state index contributed by atoms with van der Waals surface area (Å²) in [5.74, 6) is -0.121. The van der Waals surface area contributed by atoms with Gasteiger partial charge in [-0.25, -0.2) is 9.69 Å². The number of urea groups is 1. The molecule has 1 aliphatic heterocycles. The second kappa shape index (κ2) is 12.1. The molecule has 8 nitrogen and oxygen atoms in total. The van der Waals surface area contributed by atoms with E-state index in [0.29, 0.717) is 45.5 Å². The molecule has 0 spiro atoms. The number of rotatable bonds is 9. The van der Waals surface area contributed by atoms with Gasteiger partial charge in [0.25, 0.3) is 5.91 Å². The third-order valence-electron chi connectivity index (χ3n) is 5.50. The number of ether oxygens (including phenoxy) is 2. The molecule has 1 aliphatic rings. The average molecular weight is 599 g/mol. The first-order chi connectivity index (χ1) is 18.2. The van der Waals surface area contributed by atoms with Gasteiger partial charge in [-0.2, -0.15) is 0 Å². The van der Waals surface area contributed by atoms with Crippen molar-refractivity contribution < 1.29 is 23.9 Å². The highest BCUT2D eigenvalue weighted by molar-refractivity contribution is 9.10. The number of hydrogen-bond acceptors (Lipinski definition) is 5. The minimum atomic E-state index is -0.673. The van der Waals surface area contributed by atoms with Crippen LogP contribution in [0.1, 0.15) is 23.6 Å². The van der Waals surface area contributed by atoms with E-state index in [2.05, 4.69) is 26.6 Å². The van der Waals surface area contributed by atoms with Gasteiger partial charge in [-0.3, -0.25) is 9.59 Å². The highest BCUT2D eigenvalue weighted by Crippen LogP contribution is 2.38. The quantitative estimate of drug-likeness (QED) is 0.235. The Morgan fingerprint density at radius 1 is 1.11 bits per heavy atom. The number of nitrogens with zero attached hydrogens (tertiary/aromatic N) is 1. The Morgan fingerprint density at radius 3 is 2.58 bits per heavy atom. The van der Waals surface area contributed by atoms with Crippen molar-refractivity contribution in [3.05, 3.63) is 92.5 Å². The first-order valence-electron chi connectivity index (χ1n) is 11.8. The van der Waals surface area contributed by atoms with Gasteiger partial charge < -0.3 is 20.1 Å². The summed E-state index contributed by atoms with van der Waals surface area (Å²) < 4.78 is 12.4. The van der Waals surface area contributed by atoms with E-state index in [1.807, 2.05) is 38.1 Å². The van der Waals surface area contributed by atoms with Crippen LogP contribution in [0.4, 0.5) is 10.5 Å². The predicted octanol–water partition coefficient (Wildman–Crippen LogP) is 5.92. The SMILES string of the molecule is CCOc1cc(/C=C2/NC(=O)N(CC(=O)Nc3cccc(C)c3)C2=O)cc(Br)c1OCc1ccc(Cl)cc1. The molecule has 2 N–H and O–H groups in total. The number of benzene rings is 3. The fourth-order valence-corrected chi connectivity index (χ4v) is 4.46. The van der Waals surface area contributed by atoms with E-state index in [1.54, 1.807) is 36.4 Å². The fraction of sp³-hybridized carbons (Fsp3) is 0.179. The summed E-state index contributed by atoms with van der Waals surface area (Å²) >= 11 is 9.47. The highest BCUT2D eigenvalue weighted by Gasteiger charge is 2.35. The molecule has 0 bridgehead atoms. The molecule has 10 heteroatoms. The summed E-state index contributed by atoms with van der Waals surface area (Å²) in [7, 11) is 0. The molecule has 0 radical (unpaired) electrons. The minimum absolute atomic E-state index is 0.0440. The fourth-order valence-electron chi connectivity index (χ4n) is 3.76. The molecule has 1 saturated heterocycles. The second-order valence-corrected chi connectivity index (χ2v) is 9.77. The number of nitrogens with one attached hydrogen (secondary N) is 2. The molecule has 3 aromatic carbocycles. The highest BCUT2D eigenvalue weighted by atomic mass is 79.9. The van der Waals surface area contributed by atoms with Crippen molar-refractivity contribution in [2.45, 2.75) is 20.5 Å². The van der Waals surface area contributed by atoms with Crippen LogP contribution < -0.4 is 20.1 Å². The van der Waals surface area contributed by atoms with Gasteiger partial charge >= 0.3 is 6.03 Å². The largest absolute Gasteiger partial charge is 0.490 e. The van der Waals surface area contributed by atoms with Crippen LogP contribution in [0.15, 0.2) is 70.8 Å². The summed E-state index contributed by atoms with van der Waals surface area (Å²) in [6, 6.07) is 17.3. The minimum Gasteiger partial charge on any atom is -0.490 e. The number of hydrogen-bond donors (Lipinski definition) is 2. The molecule has 38 heavy (non-hydrogen) atoms. The van der Waals surface area contributed by atoms with E-state index < -0.39 is 24.4 Å². The van der Waals surface area contributed by atoms with Crippen LogP contribution >= 0.6 is 27.5 Å². The molecular weight excluding hydrogens is 574 g/mol. The van der Waals surface area contributed by atoms with Gasteiger partial charge in [0.2, 0.25) is 5.91 Å². The number of carbonyl (C=O) groups excluding carboxylic acids is 3. The lowest BCUT2D eigenvalue weighted by Gasteiger charge is -2.15. The lowest BCUT2D eigenvalue weighted by Crippen LogP contribution is -2.38. The molecule has 4 amide bonds. The van der Waals surface area contributed by atoms with Crippen molar-refractivity contribution in [2.75, 3.05) is 18.5 Å². The van der Waals surface area contributed by atoms with E-state index >= 15 is 0 Å². The summed E-state index contributed by atoms with van der Waals surface area (Å²) in [5.41, 5.74) is 3.13. The van der Waals surface area contributed by atoms with E-state index in [1.165, 1.54) is 6.08 Å². The Hall–Kier alpha value is -3.82. The van der Waals surface area contributed by atoms with Gasteiger partial charge in [-0.15, -0.1) is 0 Å². The first-order valence-corrected chi connectivity index (χ1v) is 12.9. The van der Waals surface area contributed by atoms with Crippen molar-refractivity contribution in [1.29, 1.82) is 0 Å². The topological polar surface area (TPSA) is 97.0 Å². The maximum absolute atomic E-state index is 12.9. The molecule has 4 rings (SSSR count). The zero-order chi connectivity index (χ0) is 27.2. The molecule has 0 saturated carbocycles. The average Bonchev–Trinajstić information content (AvgIpc) is 3.12. The lowest BCUT2D eigenvalue weighted by atomic mass is 10.1. The van der Waals surface area contributed by atoms with Crippen LogP contribution in [0.25, 0.3) is 6.08 Å². The molecule has 0 aliphatic carbocycles. The first kappa shape index (κ1) is 27.2. The normalized spacial score (nSPS) is 14.0. The van der Waals surface area contributed by atoms with Crippen molar-refractivity contribution in [3.8, 4) is 11.5 Å². The van der Waals surface area contributed by atoms with Crippen LogP contribution in [-0.4, -0.2) is 35.9 Å². The summed E-state index contributed by atoms with van der Waals surface area (Å²) in [5, 5.41) is 5.88. The number of carbonyl (C=O) groups is 3. The Balaban J connectivity index is 1.48. The number of anilines is 1. The number of aryl methyl sites for hydroxylation is 1. The molecule has 1 heterocycles. The van der Waals surface area contributed by atoms with E-state index in [9.17, 15) is 14.4 Å². The molecular formula is C28H25BrClN3O5. The lowest BCUT2D eigenvalue weighted by molar-refractivity contribution is -0.127. The van der Waals surface area contributed by atoms with Gasteiger partial charge in [-0.05, 0) is 88.9 Å². The summed E-state index contributed by atoms with van der Waals surface area (Å²) in [4.78, 5) is 38.7. The Bertz CT molecular complexity index is 1410. The zero-order valence-electron chi connectivity index (χ0n) is 20.7. The third-order valence-corrected chi connectivity index (χ3v) is 6.35. The smallest absolute Gasteiger partial charge is 0.329 e. The molecule has 0 aromatic heterocycles. The number of halogens is 2. The standard InChI is InChI=1S/C28H25BrClN3O5/c1-3-37-24-14-19(12-22(29)26(24)38-16-18-7-9-20(30)10-8-18)13-23-27(35)33(28(36)32-23)15-25(34)31-21-6-4-5-17(2)11-21/h4-14H,3,15-16H2,1-2H3,(H,31,34)(H,32,36)/b23-13+. The van der Waals surface area contributed by atoms with E-state index in [-0.39, 0.29) is 5.70 Å². The Labute approximate surface area is 233 Å². The molecule has 0 unspecified atom stereocenters. The van der Waals surface area contributed by atoms with Gasteiger partial charge in [0.15, 0.2) is 11.5 Å². The molecule has 1 fully saturated rings. The van der Waals surface area contributed by atoms with Crippen molar-refractivity contribution in [1.82, 2.24) is 10.2 Å². The summed E-state index contributed by atoms with van der Waals surface area (Å²) in [6.45, 7) is 4.02. The zero-order valence-corrected chi connectivity index (χ0v) is 23.1. The summed E-state index contributed by atoms with van der Waals surface area (Å²) in [6.07, 6.45) is 1.52. The monoisotopic (exact) mass is 597 g/mol. The predicted molar refractivity (Wildman–Crippen MR) is 149 cm³/mol. The van der Waals surface area contributed by atoms with E-state index in [4.69, 9.17) is 21.1 Å². The van der Waals surface area contributed by atoms with Gasteiger partial charge in [0.05, 0.1) is 11.1 Å².